The minimum absolute atomic E-state index is 0.149. The van der Waals surface area contributed by atoms with E-state index in [1.807, 2.05) is 7.05 Å². The highest BCUT2D eigenvalue weighted by molar-refractivity contribution is 5.92. The van der Waals surface area contributed by atoms with Crippen molar-refractivity contribution < 1.29 is 23.8 Å². The number of amides is 1. The molecule has 0 radical (unpaired) electrons. The van der Waals surface area contributed by atoms with Crippen LogP contribution in [0.4, 0.5) is 0 Å². The van der Waals surface area contributed by atoms with Gasteiger partial charge in [0.2, 0.25) is 6.79 Å². The molecule has 0 aromatic heterocycles. The molecule has 22 heavy (non-hydrogen) atoms. The molecule has 7 nitrogen and oxygen atoms in total. The predicted octanol–water partition coefficient (Wildman–Crippen LogP) is 0.346. The molecule has 1 saturated heterocycles. The number of hydrogen-bond donors (Lipinski definition) is 0. The first-order valence-corrected chi connectivity index (χ1v) is 7.16. The van der Waals surface area contributed by atoms with Crippen molar-refractivity contribution in [1.82, 2.24) is 9.80 Å². The van der Waals surface area contributed by atoms with Gasteiger partial charge in [0.05, 0.1) is 5.56 Å². The summed E-state index contributed by atoms with van der Waals surface area (Å²) in [4.78, 5) is 27.9. The van der Waals surface area contributed by atoms with Crippen molar-refractivity contribution in [3.8, 4) is 11.5 Å². The highest BCUT2D eigenvalue weighted by Crippen LogP contribution is 2.32. The Morgan fingerprint density at radius 1 is 1.14 bits per heavy atom. The molecule has 0 N–H and O–H groups in total. The highest BCUT2D eigenvalue weighted by atomic mass is 16.7. The number of carbonyl (C=O) groups excluding carboxylic acids is 2. The van der Waals surface area contributed by atoms with Crippen LogP contribution < -0.4 is 9.47 Å². The number of likely N-dealkylation sites (N-methyl/N-ethyl adjacent to an activating group) is 1. The van der Waals surface area contributed by atoms with Gasteiger partial charge in [-0.15, -0.1) is 0 Å². The van der Waals surface area contributed by atoms with Crippen molar-refractivity contribution >= 4 is 11.9 Å². The van der Waals surface area contributed by atoms with Crippen molar-refractivity contribution in [2.45, 2.75) is 0 Å². The van der Waals surface area contributed by atoms with E-state index in [4.69, 9.17) is 14.2 Å². The third-order valence-corrected chi connectivity index (χ3v) is 3.79. The van der Waals surface area contributed by atoms with Gasteiger partial charge in [-0.2, -0.15) is 0 Å². The van der Waals surface area contributed by atoms with Crippen LogP contribution in [0.25, 0.3) is 0 Å². The summed E-state index contributed by atoms with van der Waals surface area (Å²) < 4.78 is 15.5. The number of hydrogen-bond acceptors (Lipinski definition) is 6. The average molecular weight is 306 g/mol. The smallest absolute Gasteiger partial charge is 0.338 e. The zero-order valence-electron chi connectivity index (χ0n) is 12.4. The molecule has 118 valence electrons. The summed E-state index contributed by atoms with van der Waals surface area (Å²) >= 11 is 0. The molecule has 3 rings (SSSR count). The Balaban J connectivity index is 1.53. The lowest BCUT2D eigenvalue weighted by atomic mass is 10.2. The molecule has 1 amide bonds. The standard InChI is InChI=1S/C15H18N2O5/c1-16-4-6-17(7-5-16)14(18)9-20-15(19)11-2-3-12-13(8-11)22-10-21-12/h2-3,8H,4-7,9-10H2,1H3. The minimum atomic E-state index is -0.541. The topological polar surface area (TPSA) is 68.3 Å². The van der Waals surface area contributed by atoms with Crippen LogP contribution in [0.15, 0.2) is 18.2 Å². The Morgan fingerprint density at radius 3 is 2.64 bits per heavy atom. The fraction of sp³-hybridized carbons (Fsp3) is 0.467. The zero-order chi connectivity index (χ0) is 15.5. The molecule has 0 aliphatic carbocycles. The van der Waals surface area contributed by atoms with E-state index in [0.29, 0.717) is 30.2 Å². The summed E-state index contributed by atoms with van der Waals surface area (Å²) in [6.07, 6.45) is 0. The number of fused-ring (bicyclic) bond motifs is 1. The van der Waals surface area contributed by atoms with Crippen molar-refractivity contribution in [1.29, 1.82) is 0 Å². The normalized spacial score (nSPS) is 17.4. The lowest BCUT2D eigenvalue weighted by molar-refractivity contribution is -0.136. The van der Waals surface area contributed by atoms with Crippen LogP contribution in [0.2, 0.25) is 0 Å². The summed E-state index contributed by atoms with van der Waals surface area (Å²) in [6, 6.07) is 4.81. The molecule has 0 spiro atoms. The summed E-state index contributed by atoms with van der Waals surface area (Å²) in [7, 11) is 2.02. The fourth-order valence-electron chi connectivity index (χ4n) is 2.38. The van der Waals surface area contributed by atoms with Gasteiger partial charge in [-0.1, -0.05) is 0 Å². The maximum atomic E-state index is 12.0. The number of ether oxygens (including phenoxy) is 3. The van der Waals surface area contributed by atoms with Crippen molar-refractivity contribution in [3.05, 3.63) is 23.8 Å². The van der Waals surface area contributed by atoms with Gasteiger partial charge in [-0.05, 0) is 25.2 Å². The van der Waals surface area contributed by atoms with Crippen LogP contribution in [-0.4, -0.2) is 68.3 Å². The molecule has 7 heteroatoms. The SMILES string of the molecule is CN1CCN(C(=O)COC(=O)c2ccc3c(c2)OCO3)CC1. The number of nitrogens with zero attached hydrogens (tertiary/aromatic N) is 2. The first kappa shape index (κ1) is 14.6. The van der Waals surface area contributed by atoms with Gasteiger partial charge in [0, 0.05) is 26.2 Å². The summed E-state index contributed by atoms with van der Waals surface area (Å²) in [5.41, 5.74) is 0.343. The van der Waals surface area contributed by atoms with Crippen LogP contribution in [0.3, 0.4) is 0 Å². The number of esters is 1. The maximum Gasteiger partial charge on any atom is 0.338 e. The van der Waals surface area contributed by atoms with Gasteiger partial charge in [0.25, 0.3) is 5.91 Å². The molecule has 2 aliphatic rings. The molecule has 1 aromatic carbocycles. The van der Waals surface area contributed by atoms with E-state index in [0.717, 1.165) is 13.1 Å². The molecule has 1 aromatic rings. The van der Waals surface area contributed by atoms with Gasteiger partial charge in [0.15, 0.2) is 18.1 Å². The van der Waals surface area contributed by atoms with E-state index < -0.39 is 5.97 Å². The molecular weight excluding hydrogens is 288 g/mol. The van der Waals surface area contributed by atoms with Crippen LogP contribution in [0, 0.1) is 0 Å². The van der Waals surface area contributed by atoms with E-state index in [2.05, 4.69) is 4.90 Å². The average Bonchev–Trinajstić information content (AvgIpc) is 3.00. The van der Waals surface area contributed by atoms with Crippen LogP contribution >= 0.6 is 0 Å². The van der Waals surface area contributed by atoms with E-state index in [1.165, 1.54) is 0 Å². The lowest BCUT2D eigenvalue weighted by Gasteiger charge is -2.32. The molecular formula is C15H18N2O5. The van der Waals surface area contributed by atoms with E-state index in [1.54, 1.807) is 23.1 Å². The minimum Gasteiger partial charge on any atom is -0.454 e. The molecule has 1 fully saturated rings. The van der Waals surface area contributed by atoms with E-state index in [9.17, 15) is 9.59 Å². The third kappa shape index (κ3) is 3.14. The first-order chi connectivity index (χ1) is 10.6. The number of carbonyl (C=O) groups is 2. The molecule has 0 saturated carbocycles. The molecule has 0 atom stereocenters. The number of benzene rings is 1. The van der Waals surface area contributed by atoms with E-state index >= 15 is 0 Å². The van der Waals surface area contributed by atoms with Crippen LogP contribution in [-0.2, 0) is 9.53 Å². The Hall–Kier alpha value is -2.28. The molecule has 2 heterocycles. The molecule has 0 bridgehead atoms. The summed E-state index contributed by atoms with van der Waals surface area (Å²) in [5.74, 6) is 0.410. The summed E-state index contributed by atoms with van der Waals surface area (Å²) in [6.45, 7) is 2.91. The van der Waals surface area contributed by atoms with Gasteiger partial charge in [-0.25, -0.2) is 4.79 Å². The first-order valence-electron chi connectivity index (χ1n) is 7.16. The van der Waals surface area contributed by atoms with E-state index in [-0.39, 0.29) is 19.3 Å². The fourth-order valence-corrected chi connectivity index (χ4v) is 2.38. The Labute approximate surface area is 128 Å². The highest BCUT2D eigenvalue weighted by Gasteiger charge is 2.21. The number of rotatable bonds is 3. The van der Waals surface area contributed by atoms with Gasteiger partial charge in [-0.3, -0.25) is 4.79 Å². The number of piperazine rings is 1. The summed E-state index contributed by atoms with van der Waals surface area (Å²) in [5, 5.41) is 0. The maximum absolute atomic E-state index is 12.0. The lowest BCUT2D eigenvalue weighted by Crippen LogP contribution is -2.48. The zero-order valence-corrected chi connectivity index (χ0v) is 12.4. The largest absolute Gasteiger partial charge is 0.454 e. The monoisotopic (exact) mass is 306 g/mol. The molecule has 2 aliphatic heterocycles. The van der Waals surface area contributed by atoms with Crippen LogP contribution in [0.5, 0.6) is 11.5 Å². The quantitative estimate of drug-likeness (QED) is 0.751. The Morgan fingerprint density at radius 2 is 1.86 bits per heavy atom. The van der Waals surface area contributed by atoms with Crippen molar-refractivity contribution in [2.24, 2.45) is 0 Å². The predicted molar refractivity (Wildman–Crippen MR) is 76.9 cm³/mol. The van der Waals surface area contributed by atoms with Crippen LogP contribution in [0.1, 0.15) is 10.4 Å². The second-order valence-corrected chi connectivity index (χ2v) is 5.33. The Bertz CT molecular complexity index is 581. The third-order valence-electron chi connectivity index (χ3n) is 3.79. The second-order valence-electron chi connectivity index (χ2n) is 5.33. The van der Waals surface area contributed by atoms with Crippen molar-refractivity contribution in [3.63, 3.8) is 0 Å². The second kappa shape index (κ2) is 6.23. The van der Waals surface area contributed by atoms with Gasteiger partial charge in [0.1, 0.15) is 0 Å². The Kier molecular flexibility index (Phi) is 4.15. The van der Waals surface area contributed by atoms with Gasteiger partial charge < -0.3 is 24.0 Å². The molecule has 0 unspecified atom stereocenters. The van der Waals surface area contributed by atoms with Gasteiger partial charge >= 0.3 is 5.97 Å². The van der Waals surface area contributed by atoms with Crippen molar-refractivity contribution in [2.75, 3.05) is 46.6 Å².